The number of carboxylic acids is 1. The molecule has 1 saturated carbocycles. The molecule has 1 heterocycles. The van der Waals surface area contributed by atoms with Crippen molar-refractivity contribution >= 4 is 24.1 Å². The number of carbonyl (C=O) groups is 3. The molecule has 3 rings (SSSR count). The zero-order valence-corrected chi connectivity index (χ0v) is 14.4. The van der Waals surface area contributed by atoms with E-state index in [-0.39, 0.29) is 5.91 Å². The van der Waals surface area contributed by atoms with Gasteiger partial charge in [0.05, 0.1) is 12.2 Å². The Morgan fingerprint density at radius 3 is 2.62 bits per heavy atom. The van der Waals surface area contributed by atoms with Gasteiger partial charge in [0.2, 0.25) is 0 Å². The number of hydrogen-bond acceptors (Lipinski definition) is 6. The monoisotopic (exact) mass is 358 g/mol. The van der Waals surface area contributed by atoms with Crippen molar-refractivity contribution in [3.8, 4) is 5.75 Å². The summed E-state index contributed by atoms with van der Waals surface area (Å²) in [5.41, 5.74) is -0.173. The molecule has 0 atom stereocenters. The first-order chi connectivity index (χ1) is 12.4. The molecule has 1 aromatic rings. The number of amides is 3. The molecule has 138 valence electrons. The number of imide groups is 1. The Morgan fingerprint density at radius 2 is 2.00 bits per heavy atom. The summed E-state index contributed by atoms with van der Waals surface area (Å²) in [6.07, 6.45) is 4.47. The van der Waals surface area contributed by atoms with Crippen molar-refractivity contribution in [2.75, 3.05) is 6.61 Å². The molecule has 1 aliphatic carbocycles. The summed E-state index contributed by atoms with van der Waals surface area (Å²) in [5.74, 6) is -0.683. The summed E-state index contributed by atoms with van der Waals surface area (Å²) in [6, 6.07) is 5.92. The van der Waals surface area contributed by atoms with Gasteiger partial charge in [-0.25, -0.2) is 4.79 Å². The Bertz CT molecular complexity index is 736. The Kier molecular flexibility index (Phi) is 4.92. The van der Waals surface area contributed by atoms with E-state index in [0.717, 1.165) is 17.9 Å². The van der Waals surface area contributed by atoms with Crippen molar-refractivity contribution in [2.45, 2.75) is 38.1 Å². The normalized spacial score (nSPS) is 25.7. The number of carboxylic acid groups (broad SMARTS) is 1. The van der Waals surface area contributed by atoms with Crippen molar-refractivity contribution in [3.63, 3.8) is 0 Å². The Hall–Kier alpha value is -2.90. The number of urea groups is 1. The fourth-order valence-corrected chi connectivity index (χ4v) is 3.22. The van der Waals surface area contributed by atoms with Crippen LogP contribution in [0.5, 0.6) is 5.75 Å². The van der Waals surface area contributed by atoms with Crippen molar-refractivity contribution < 1.29 is 24.2 Å². The molecule has 3 amide bonds. The second-order valence-electron chi connectivity index (χ2n) is 6.79. The number of nitrogens with zero attached hydrogens (tertiary/aromatic N) is 2. The van der Waals surface area contributed by atoms with Crippen LogP contribution in [0.1, 0.15) is 38.2 Å². The van der Waals surface area contributed by atoms with E-state index < -0.39 is 24.1 Å². The fourth-order valence-electron chi connectivity index (χ4n) is 3.22. The summed E-state index contributed by atoms with van der Waals surface area (Å²) >= 11 is 0. The lowest BCUT2D eigenvalue weighted by Crippen LogP contribution is -2.49. The first kappa shape index (κ1) is 17.9. The highest BCUT2D eigenvalue weighted by molar-refractivity contribution is 6.07. The van der Waals surface area contributed by atoms with E-state index in [2.05, 4.69) is 17.3 Å². The molecule has 8 heteroatoms. The second kappa shape index (κ2) is 7.15. The average Bonchev–Trinajstić information content (AvgIpc) is 2.85. The summed E-state index contributed by atoms with van der Waals surface area (Å²) in [7, 11) is 0. The second-order valence-corrected chi connectivity index (χ2v) is 6.79. The van der Waals surface area contributed by atoms with Gasteiger partial charge in [0.15, 0.2) is 0 Å². The number of hydrogen-bond donors (Lipinski definition) is 1. The highest BCUT2D eigenvalue weighted by atomic mass is 16.5. The van der Waals surface area contributed by atoms with Crippen LogP contribution in [0, 0.1) is 5.92 Å². The van der Waals surface area contributed by atoms with Crippen LogP contribution < -0.4 is 15.2 Å². The molecule has 1 aromatic carbocycles. The van der Waals surface area contributed by atoms with Crippen molar-refractivity contribution in [1.29, 1.82) is 0 Å². The van der Waals surface area contributed by atoms with Gasteiger partial charge in [-0.2, -0.15) is 5.10 Å². The minimum Gasteiger partial charge on any atom is -0.546 e. The van der Waals surface area contributed by atoms with Gasteiger partial charge in [-0.1, -0.05) is 6.92 Å². The molecule has 26 heavy (non-hydrogen) atoms. The van der Waals surface area contributed by atoms with Crippen LogP contribution in [0.25, 0.3) is 0 Å². The van der Waals surface area contributed by atoms with Gasteiger partial charge in [-0.15, -0.1) is 5.01 Å². The van der Waals surface area contributed by atoms with Gasteiger partial charge in [0, 0.05) is 0 Å². The third kappa shape index (κ3) is 3.68. The predicted octanol–water partition coefficient (Wildman–Crippen LogP) is 0.650. The van der Waals surface area contributed by atoms with Crippen molar-refractivity contribution in [2.24, 2.45) is 11.0 Å². The lowest BCUT2D eigenvalue weighted by atomic mass is 9.77. The molecule has 0 radical (unpaired) electrons. The van der Waals surface area contributed by atoms with Crippen LogP contribution in [0.2, 0.25) is 0 Å². The molecule has 2 aliphatic rings. The van der Waals surface area contributed by atoms with E-state index in [1.807, 2.05) is 0 Å². The first-order valence-electron chi connectivity index (χ1n) is 8.53. The number of hydrazone groups is 1. The molecule has 8 nitrogen and oxygen atoms in total. The topological polar surface area (TPSA) is 111 Å². The minimum atomic E-state index is -1.31. The van der Waals surface area contributed by atoms with Gasteiger partial charge in [0.1, 0.15) is 17.9 Å². The van der Waals surface area contributed by atoms with Crippen LogP contribution in [-0.4, -0.2) is 41.3 Å². The number of rotatable bonds is 5. The molecule has 1 spiro atoms. The molecule has 0 unspecified atom stereocenters. The number of carbonyl (C=O) groups excluding carboxylic acids is 3. The third-order valence-electron chi connectivity index (χ3n) is 4.83. The van der Waals surface area contributed by atoms with E-state index in [0.29, 0.717) is 30.1 Å². The highest BCUT2D eigenvalue weighted by Crippen LogP contribution is 2.36. The fraction of sp³-hybridized carbons (Fsp3) is 0.444. The van der Waals surface area contributed by atoms with Gasteiger partial charge in [-0.3, -0.25) is 4.79 Å². The molecular formula is C18H20N3O5-. The molecule has 1 aliphatic heterocycles. The standard InChI is InChI=1S/C18H21N3O5/c1-12-6-8-18(9-7-12)16(24)21(17(25)20-18)19-10-13-2-4-14(5-3-13)26-11-15(22)23/h2-5,10,12H,6-9,11H2,1H3,(H,20,25)(H,22,23)/p-1/b19-10-. The molecule has 0 aromatic heterocycles. The smallest absolute Gasteiger partial charge is 0.346 e. The Labute approximate surface area is 150 Å². The average molecular weight is 358 g/mol. The summed E-state index contributed by atoms with van der Waals surface area (Å²) in [6.45, 7) is 1.61. The maximum absolute atomic E-state index is 12.7. The summed E-state index contributed by atoms with van der Waals surface area (Å²) in [4.78, 5) is 35.2. The SMILES string of the molecule is CC1CCC2(CC1)NC(=O)N(/N=C\c1ccc(OCC(=O)[O-])cc1)C2=O. The number of aliphatic carboxylic acids is 1. The van der Waals surface area contributed by atoms with Gasteiger partial charge < -0.3 is 20.0 Å². The number of ether oxygens (including phenoxy) is 1. The molecule has 2 fully saturated rings. The predicted molar refractivity (Wildman–Crippen MR) is 90.3 cm³/mol. The number of benzene rings is 1. The van der Waals surface area contributed by atoms with E-state index in [1.165, 1.54) is 6.21 Å². The van der Waals surface area contributed by atoms with E-state index >= 15 is 0 Å². The van der Waals surface area contributed by atoms with Gasteiger partial charge in [0.25, 0.3) is 5.91 Å². The van der Waals surface area contributed by atoms with Crippen molar-refractivity contribution in [3.05, 3.63) is 29.8 Å². The lowest BCUT2D eigenvalue weighted by Gasteiger charge is -2.33. The van der Waals surface area contributed by atoms with Crippen molar-refractivity contribution in [1.82, 2.24) is 10.3 Å². The maximum Gasteiger partial charge on any atom is 0.346 e. The Morgan fingerprint density at radius 1 is 1.35 bits per heavy atom. The van der Waals surface area contributed by atoms with Crippen LogP contribution in [0.4, 0.5) is 4.79 Å². The largest absolute Gasteiger partial charge is 0.546 e. The highest BCUT2D eigenvalue weighted by Gasteiger charge is 2.52. The zero-order valence-electron chi connectivity index (χ0n) is 14.4. The molecule has 1 saturated heterocycles. The van der Waals surface area contributed by atoms with Crippen LogP contribution in [0.15, 0.2) is 29.4 Å². The zero-order chi connectivity index (χ0) is 18.7. The Balaban J connectivity index is 1.65. The minimum absolute atomic E-state index is 0.306. The molecule has 0 bridgehead atoms. The third-order valence-corrected chi connectivity index (χ3v) is 4.83. The lowest BCUT2D eigenvalue weighted by molar-refractivity contribution is -0.307. The summed E-state index contributed by atoms with van der Waals surface area (Å²) < 4.78 is 4.98. The summed E-state index contributed by atoms with van der Waals surface area (Å²) in [5, 5.41) is 18.1. The first-order valence-corrected chi connectivity index (χ1v) is 8.53. The maximum atomic E-state index is 12.7. The van der Waals surface area contributed by atoms with Crippen LogP contribution in [0.3, 0.4) is 0 Å². The quantitative estimate of drug-likeness (QED) is 0.614. The van der Waals surface area contributed by atoms with Crippen LogP contribution >= 0.6 is 0 Å². The molecule has 1 N–H and O–H groups in total. The van der Waals surface area contributed by atoms with Crippen LogP contribution in [-0.2, 0) is 9.59 Å². The number of nitrogens with one attached hydrogen (secondary N) is 1. The van der Waals surface area contributed by atoms with Gasteiger partial charge >= 0.3 is 6.03 Å². The molecular weight excluding hydrogens is 338 g/mol. The van der Waals surface area contributed by atoms with E-state index in [1.54, 1.807) is 24.3 Å². The van der Waals surface area contributed by atoms with E-state index in [9.17, 15) is 19.5 Å². The van der Waals surface area contributed by atoms with E-state index in [4.69, 9.17) is 4.74 Å². The van der Waals surface area contributed by atoms with Gasteiger partial charge in [-0.05, 0) is 61.4 Å².